The Kier molecular flexibility index (Phi) is 5.00. The van der Waals surface area contributed by atoms with Crippen LogP contribution in [-0.4, -0.2) is 18.9 Å². The number of hydrogen-bond donors (Lipinski definition) is 1. The lowest BCUT2D eigenvalue weighted by atomic mass is 10.1. The first-order valence-corrected chi connectivity index (χ1v) is 5.16. The Morgan fingerprint density at radius 1 is 1.25 bits per heavy atom. The van der Waals surface area contributed by atoms with Gasteiger partial charge in [0.25, 0.3) is 0 Å². The second-order valence-corrected chi connectivity index (χ2v) is 3.47. The summed E-state index contributed by atoms with van der Waals surface area (Å²) in [5.41, 5.74) is 1.38. The summed E-state index contributed by atoms with van der Waals surface area (Å²) in [5.74, 6) is 0. The van der Waals surface area contributed by atoms with Crippen LogP contribution >= 0.6 is 0 Å². The maximum atomic E-state index is 4.36. The molecule has 0 fully saturated rings. The monoisotopic (exact) mass is 168 g/mol. The molecule has 0 aliphatic carbocycles. The number of hydrogen-bond acceptors (Lipinski definition) is 2. The average molecular weight is 168 g/mol. The van der Waals surface area contributed by atoms with Gasteiger partial charge in [-0.1, -0.05) is 32.6 Å². The zero-order valence-corrected chi connectivity index (χ0v) is 8.10. The van der Waals surface area contributed by atoms with Gasteiger partial charge in [0, 0.05) is 12.3 Å². The number of aliphatic imine (C=N–C) groups is 1. The van der Waals surface area contributed by atoms with Crippen LogP contribution in [0.1, 0.15) is 45.4 Å². The van der Waals surface area contributed by atoms with Crippen LogP contribution in [0.2, 0.25) is 0 Å². The Balaban J connectivity index is 1.88. The summed E-state index contributed by atoms with van der Waals surface area (Å²) in [4.78, 5) is 4.36. The van der Waals surface area contributed by atoms with Gasteiger partial charge in [0.05, 0.1) is 6.67 Å². The molecule has 2 heteroatoms. The average Bonchev–Trinajstić information content (AvgIpc) is 2.57. The van der Waals surface area contributed by atoms with E-state index in [1.807, 2.05) is 0 Å². The predicted octanol–water partition coefficient (Wildman–Crippen LogP) is 2.35. The molecular weight excluding hydrogens is 148 g/mol. The lowest BCUT2D eigenvalue weighted by molar-refractivity contribution is 0.642. The Morgan fingerprint density at radius 2 is 2.08 bits per heavy atom. The fraction of sp³-hybridized carbons (Fsp3) is 0.900. The van der Waals surface area contributed by atoms with Crippen molar-refractivity contribution in [2.24, 2.45) is 4.99 Å². The van der Waals surface area contributed by atoms with Crippen LogP contribution in [-0.2, 0) is 0 Å². The molecule has 1 aliphatic rings. The Labute approximate surface area is 75.5 Å². The van der Waals surface area contributed by atoms with Gasteiger partial charge in [-0.3, -0.25) is 10.3 Å². The third-order valence-corrected chi connectivity index (χ3v) is 2.31. The van der Waals surface area contributed by atoms with E-state index in [0.717, 1.165) is 13.2 Å². The third-order valence-electron chi connectivity index (χ3n) is 2.31. The molecule has 0 aromatic rings. The van der Waals surface area contributed by atoms with E-state index in [0.29, 0.717) is 0 Å². The minimum absolute atomic E-state index is 0.851. The molecule has 0 amide bonds. The molecule has 0 radical (unpaired) electrons. The van der Waals surface area contributed by atoms with Crippen molar-refractivity contribution in [1.29, 1.82) is 0 Å². The summed E-state index contributed by atoms with van der Waals surface area (Å²) >= 11 is 0. The van der Waals surface area contributed by atoms with Crippen molar-refractivity contribution >= 4 is 5.71 Å². The van der Waals surface area contributed by atoms with Gasteiger partial charge in [-0.15, -0.1) is 0 Å². The molecule has 2 nitrogen and oxygen atoms in total. The van der Waals surface area contributed by atoms with Crippen molar-refractivity contribution < 1.29 is 0 Å². The highest BCUT2D eigenvalue weighted by molar-refractivity contribution is 5.87. The molecule has 1 N–H and O–H groups in total. The maximum absolute atomic E-state index is 4.36. The fourth-order valence-corrected chi connectivity index (χ4v) is 1.52. The predicted molar refractivity (Wildman–Crippen MR) is 53.7 cm³/mol. The first-order valence-electron chi connectivity index (χ1n) is 5.16. The minimum Gasteiger partial charge on any atom is -0.293 e. The van der Waals surface area contributed by atoms with Gasteiger partial charge in [0.1, 0.15) is 0 Å². The maximum Gasteiger partial charge on any atom is 0.0887 e. The lowest BCUT2D eigenvalue weighted by Gasteiger charge is -1.99. The van der Waals surface area contributed by atoms with E-state index in [1.54, 1.807) is 0 Å². The Bertz CT molecular complexity index is 141. The summed E-state index contributed by atoms with van der Waals surface area (Å²) in [6.45, 7) is 4.14. The molecule has 0 atom stereocenters. The summed E-state index contributed by atoms with van der Waals surface area (Å²) in [6, 6.07) is 0. The number of nitrogens with zero attached hydrogens (tertiary/aromatic N) is 1. The van der Waals surface area contributed by atoms with Crippen LogP contribution in [0.25, 0.3) is 0 Å². The van der Waals surface area contributed by atoms with E-state index < -0.39 is 0 Å². The molecule has 0 aromatic carbocycles. The number of nitrogens with one attached hydrogen (secondary N) is 1. The quantitative estimate of drug-likeness (QED) is 0.605. The highest BCUT2D eigenvalue weighted by Crippen LogP contribution is 2.06. The minimum atomic E-state index is 0.851. The zero-order chi connectivity index (χ0) is 8.65. The smallest absolute Gasteiger partial charge is 0.0887 e. The largest absolute Gasteiger partial charge is 0.293 e. The van der Waals surface area contributed by atoms with Crippen molar-refractivity contribution in [3.8, 4) is 0 Å². The second-order valence-electron chi connectivity index (χ2n) is 3.47. The first kappa shape index (κ1) is 9.72. The topological polar surface area (TPSA) is 24.4 Å². The van der Waals surface area contributed by atoms with Gasteiger partial charge in [-0.05, 0) is 12.8 Å². The third kappa shape index (κ3) is 3.86. The molecule has 0 bridgehead atoms. The van der Waals surface area contributed by atoms with Gasteiger partial charge in [-0.25, -0.2) is 0 Å². The van der Waals surface area contributed by atoms with Crippen LogP contribution in [0.15, 0.2) is 4.99 Å². The van der Waals surface area contributed by atoms with Gasteiger partial charge in [0.15, 0.2) is 0 Å². The van der Waals surface area contributed by atoms with Gasteiger partial charge < -0.3 is 0 Å². The van der Waals surface area contributed by atoms with E-state index in [1.165, 1.54) is 44.2 Å². The molecule has 0 spiro atoms. The Morgan fingerprint density at radius 3 is 2.75 bits per heavy atom. The van der Waals surface area contributed by atoms with Crippen molar-refractivity contribution in [1.82, 2.24) is 5.32 Å². The lowest BCUT2D eigenvalue weighted by Crippen LogP contribution is -2.12. The van der Waals surface area contributed by atoms with Crippen LogP contribution in [0, 0.1) is 0 Å². The van der Waals surface area contributed by atoms with Gasteiger partial charge in [-0.2, -0.15) is 0 Å². The normalized spacial score (nSPS) is 16.6. The van der Waals surface area contributed by atoms with E-state index >= 15 is 0 Å². The van der Waals surface area contributed by atoms with E-state index in [-0.39, 0.29) is 0 Å². The van der Waals surface area contributed by atoms with Crippen LogP contribution in [0.4, 0.5) is 0 Å². The van der Waals surface area contributed by atoms with Crippen molar-refractivity contribution in [2.45, 2.75) is 45.4 Å². The van der Waals surface area contributed by atoms with E-state index in [2.05, 4.69) is 17.2 Å². The van der Waals surface area contributed by atoms with Crippen LogP contribution in [0.3, 0.4) is 0 Å². The van der Waals surface area contributed by atoms with Crippen LogP contribution in [0.5, 0.6) is 0 Å². The summed E-state index contributed by atoms with van der Waals surface area (Å²) in [7, 11) is 0. The number of rotatable bonds is 6. The highest BCUT2D eigenvalue weighted by atomic mass is 15.1. The van der Waals surface area contributed by atoms with E-state index in [9.17, 15) is 0 Å². The molecule has 1 rings (SSSR count). The zero-order valence-electron chi connectivity index (χ0n) is 8.10. The van der Waals surface area contributed by atoms with Crippen molar-refractivity contribution in [3.63, 3.8) is 0 Å². The summed E-state index contributed by atoms with van der Waals surface area (Å²) < 4.78 is 0. The molecule has 1 aliphatic heterocycles. The standard InChI is InChI=1S/C10H20N2/c1-2-3-4-5-6-7-10-8-11-9-12-10/h11H,2-9H2,1H3. The molecule has 0 saturated carbocycles. The van der Waals surface area contributed by atoms with Gasteiger partial charge in [0.2, 0.25) is 0 Å². The van der Waals surface area contributed by atoms with Crippen molar-refractivity contribution in [2.75, 3.05) is 13.2 Å². The summed E-state index contributed by atoms with van der Waals surface area (Å²) in [6.07, 6.45) is 8.06. The fourth-order valence-electron chi connectivity index (χ4n) is 1.52. The molecule has 0 saturated heterocycles. The molecule has 12 heavy (non-hydrogen) atoms. The van der Waals surface area contributed by atoms with Crippen LogP contribution < -0.4 is 5.32 Å². The molecule has 70 valence electrons. The Hall–Kier alpha value is -0.370. The molecular formula is C10H20N2. The second kappa shape index (κ2) is 6.18. The molecule has 1 heterocycles. The highest BCUT2D eigenvalue weighted by Gasteiger charge is 2.03. The first-order chi connectivity index (χ1) is 5.93. The number of unbranched alkanes of at least 4 members (excludes halogenated alkanes) is 4. The SMILES string of the molecule is CCCCCCCC1=NCNC1. The summed E-state index contributed by atoms with van der Waals surface area (Å²) in [5, 5.41) is 3.22. The molecule has 0 aromatic heterocycles. The van der Waals surface area contributed by atoms with Crippen molar-refractivity contribution in [3.05, 3.63) is 0 Å². The van der Waals surface area contributed by atoms with Gasteiger partial charge >= 0.3 is 0 Å². The van der Waals surface area contributed by atoms with E-state index in [4.69, 9.17) is 0 Å². The molecule has 0 unspecified atom stereocenters.